The number of aryl methyl sites for hydroxylation is 2. The minimum absolute atomic E-state index is 0.0977. The fraction of sp³-hybridized carbons (Fsp3) is 0.727. The smallest absolute Gasteiger partial charge is 0.246 e. The predicted octanol–water partition coefficient (Wildman–Crippen LogP) is 1.17. The zero-order valence-electron chi connectivity index (χ0n) is 11.2. The molecular weight excluding hydrogens is 252 g/mol. The summed E-state index contributed by atoms with van der Waals surface area (Å²) in [6.45, 7) is 4.20. The maximum absolute atomic E-state index is 12.1. The van der Waals surface area contributed by atoms with Gasteiger partial charge in [-0.1, -0.05) is 26.2 Å². The molecule has 0 spiro atoms. The summed E-state index contributed by atoms with van der Waals surface area (Å²) in [5, 5.41) is 4.01. The number of anilines is 1. The van der Waals surface area contributed by atoms with Crippen LogP contribution in [0.2, 0.25) is 0 Å². The molecule has 0 saturated carbocycles. The van der Waals surface area contributed by atoms with E-state index in [1.165, 1.54) is 4.68 Å². The van der Waals surface area contributed by atoms with Crippen molar-refractivity contribution in [3.05, 3.63) is 5.69 Å². The van der Waals surface area contributed by atoms with Crippen LogP contribution in [0.5, 0.6) is 0 Å². The normalized spacial score (nSPS) is 11.9. The van der Waals surface area contributed by atoms with E-state index in [4.69, 9.17) is 5.73 Å². The van der Waals surface area contributed by atoms with E-state index in [0.29, 0.717) is 12.2 Å². The van der Waals surface area contributed by atoms with Gasteiger partial charge in [0.25, 0.3) is 0 Å². The summed E-state index contributed by atoms with van der Waals surface area (Å²) in [5.41, 5.74) is 6.15. The maximum atomic E-state index is 12.1. The molecule has 104 valence electrons. The quantitative estimate of drug-likeness (QED) is 0.730. The molecule has 0 unspecified atom stereocenters. The second-order valence-electron chi connectivity index (χ2n) is 4.38. The average Bonchev–Trinajstić information content (AvgIpc) is 2.53. The van der Waals surface area contributed by atoms with Crippen molar-refractivity contribution in [1.82, 2.24) is 14.5 Å². The number of hydrogen-bond acceptors (Lipinski definition) is 4. The summed E-state index contributed by atoms with van der Waals surface area (Å²) in [5.74, 6) is 0.175. The molecule has 0 bridgehead atoms. The Labute approximate surface area is 109 Å². The van der Waals surface area contributed by atoms with Crippen LogP contribution < -0.4 is 10.5 Å². The van der Waals surface area contributed by atoms with E-state index in [9.17, 15) is 8.42 Å². The van der Waals surface area contributed by atoms with Crippen LogP contribution >= 0.6 is 0 Å². The van der Waals surface area contributed by atoms with Gasteiger partial charge in [0.1, 0.15) is 10.7 Å². The Morgan fingerprint density at radius 2 is 2.00 bits per heavy atom. The Balaban J connectivity index is 2.69. The van der Waals surface area contributed by atoms with E-state index < -0.39 is 10.0 Å². The zero-order chi connectivity index (χ0) is 13.8. The number of aromatic nitrogens is 2. The van der Waals surface area contributed by atoms with Crippen molar-refractivity contribution in [2.45, 2.75) is 44.4 Å². The van der Waals surface area contributed by atoms with Gasteiger partial charge in [-0.3, -0.25) is 4.68 Å². The highest BCUT2D eigenvalue weighted by atomic mass is 32.2. The van der Waals surface area contributed by atoms with Gasteiger partial charge in [0.05, 0.1) is 5.69 Å². The Bertz CT molecular complexity index is 493. The first-order valence-electron chi connectivity index (χ1n) is 6.19. The first-order chi connectivity index (χ1) is 8.40. The van der Waals surface area contributed by atoms with Gasteiger partial charge in [0.2, 0.25) is 10.0 Å². The maximum Gasteiger partial charge on any atom is 0.246 e. The molecule has 0 aliphatic heterocycles. The van der Waals surface area contributed by atoms with Gasteiger partial charge < -0.3 is 5.73 Å². The first kappa shape index (κ1) is 15.0. The third-order valence-electron chi connectivity index (χ3n) is 2.80. The molecular formula is C11H22N4O2S. The molecule has 6 nitrogen and oxygen atoms in total. The molecule has 0 fully saturated rings. The molecule has 7 heteroatoms. The highest BCUT2D eigenvalue weighted by Crippen LogP contribution is 2.20. The summed E-state index contributed by atoms with van der Waals surface area (Å²) >= 11 is 0. The standard InChI is InChI=1S/C11H22N4O2S/c1-4-5-6-7-8-13-18(16,17)10-9(2)14-15(3)11(10)12/h13H,4-8,12H2,1-3H3. The minimum atomic E-state index is -3.55. The molecule has 18 heavy (non-hydrogen) atoms. The number of nitrogens with one attached hydrogen (secondary N) is 1. The molecule has 0 aliphatic rings. The third-order valence-corrected chi connectivity index (χ3v) is 4.43. The molecule has 1 rings (SSSR count). The van der Waals surface area contributed by atoms with Gasteiger partial charge in [-0.2, -0.15) is 5.10 Å². The van der Waals surface area contributed by atoms with Gasteiger partial charge in [0.15, 0.2) is 0 Å². The molecule has 3 N–H and O–H groups in total. The Kier molecular flexibility index (Phi) is 5.15. The van der Waals surface area contributed by atoms with Crippen LogP contribution in [0.15, 0.2) is 4.90 Å². The Morgan fingerprint density at radius 1 is 1.33 bits per heavy atom. The second-order valence-corrected chi connectivity index (χ2v) is 6.09. The number of sulfonamides is 1. The van der Waals surface area contributed by atoms with Crippen molar-refractivity contribution in [3.8, 4) is 0 Å². The van der Waals surface area contributed by atoms with E-state index in [1.807, 2.05) is 0 Å². The molecule has 0 aromatic carbocycles. The molecule has 0 radical (unpaired) electrons. The topological polar surface area (TPSA) is 90.0 Å². The molecule has 0 amide bonds. The van der Waals surface area contributed by atoms with Gasteiger partial charge in [-0.05, 0) is 13.3 Å². The van der Waals surface area contributed by atoms with Crippen molar-refractivity contribution in [1.29, 1.82) is 0 Å². The van der Waals surface area contributed by atoms with Gasteiger partial charge in [-0.15, -0.1) is 0 Å². The fourth-order valence-corrected chi connectivity index (χ4v) is 3.21. The van der Waals surface area contributed by atoms with Crippen LogP contribution in [0.25, 0.3) is 0 Å². The van der Waals surface area contributed by atoms with E-state index in [0.717, 1.165) is 25.7 Å². The molecule has 0 aliphatic carbocycles. The number of nitrogens with zero attached hydrogens (tertiary/aromatic N) is 2. The van der Waals surface area contributed by atoms with Gasteiger partial charge in [-0.25, -0.2) is 13.1 Å². The van der Waals surface area contributed by atoms with Crippen molar-refractivity contribution in [3.63, 3.8) is 0 Å². The van der Waals surface area contributed by atoms with E-state index in [-0.39, 0.29) is 10.7 Å². The van der Waals surface area contributed by atoms with Crippen LogP contribution in [0.3, 0.4) is 0 Å². The van der Waals surface area contributed by atoms with E-state index >= 15 is 0 Å². The number of rotatable bonds is 7. The van der Waals surface area contributed by atoms with Crippen LogP contribution in [0.1, 0.15) is 38.3 Å². The van der Waals surface area contributed by atoms with Crippen molar-refractivity contribution in [2.24, 2.45) is 7.05 Å². The lowest BCUT2D eigenvalue weighted by Gasteiger charge is -2.06. The largest absolute Gasteiger partial charge is 0.383 e. The summed E-state index contributed by atoms with van der Waals surface area (Å²) < 4.78 is 28.1. The second kappa shape index (κ2) is 6.19. The number of nitrogen functional groups attached to an aromatic ring is 1. The lowest BCUT2D eigenvalue weighted by molar-refractivity contribution is 0.573. The minimum Gasteiger partial charge on any atom is -0.383 e. The lowest BCUT2D eigenvalue weighted by Crippen LogP contribution is -2.26. The summed E-state index contributed by atoms with van der Waals surface area (Å²) in [7, 11) is -1.92. The lowest BCUT2D eigenvalue weighted by atomic mass is 10.2. The van der Waals surface area contributed by atoms with Gasteiger partial charge in [0, 0.05) is 13.6 Å². The SMILES string of the molecule is CCCCCCNS(=O)(=O)c1c(C)nn(C)c1N. The van der Waals surface area contributed by atoms with Crippen LogP contribution in [0.4, 0.5) is 5.82 Å². The number of unbranched alkanes of at least 4 members (excludes halogenated alkanes) is 3. The molecule has 1 aromatic rings. The third kappa shape index (κ3) is 3.46. The van der Waals surface area contributed by atoms with E-state index in [1.54, 1.807) is 14.0 Å². The summed E-state index contributed by atoms with van der Waals surface area (Å²) in [4.78, 5) is 0.0977. The summed E-state index contributed by atoms with van der Waals surface area (Å²) in [6, 6.07) is 0. The fourth-order valence-electron chi connectivity index (χ4n) is 1.82. The highest BCUT2D eigenvalue weighted by molar-refractivity contribution is 7.89. The Hall–Kier alpha value is -1.08. The molecule has 0 saturated heterocycles. The van der Waals surface area contributed by atoms with Crippen LogP contribution in [-0.2, 0) is 17.1 Å². The zero-order valence-corrected chi connectivity index (χ0v) is 12.0. The molecule has 0 atom stereocenters. The van der Waals surface area contributed by atoms with Gasteiger partial charge >= 0.3 is 0 Å². The average molecular weight is 274 g/mol. The Morgan fingerprint density at radius 3 is 2.50 bits per heavy atom. The van der Waals surface area contributed by atoms with E-state index in [2.05, 4.69) is 16.7 Å². The first-order valence-corrected chi connectivity index (χ1v) is 7.67. The van der Waals surface area contributed by atoms with Crippen molar-refractivity contribution < 1.29 is 8.42 Å². The highest BCUT2D eigenvalue weighted by Gasteiger charge is 2.23. The van der Waals surface area contributed by atoms with Crippen molar-refractivity contribution >= 4 is 15.8 Å². The number of nitrogens with two attached hydrogens (primary N) is 1. The summed E-state index contributed by atoms with van der Waals surface area (Å²) in [6.07, 6.45) is 4.12. The molecule has 1 heterocycles. The van der Waals surface area contributed by atoms with Crippen LogP contribution in [0, 0.1) is 6.92 Å². The van der Waals surface area contributed by atoms with Crippen molar-refractivity contribution in [2.75, 3.05) is 12.3 Å². The number of hydrogen-bond donors (Lipinski definition) is 2. The van der Waals surface area contributed by atoms with Crippen LogP contribution in [-0.4, -0.2) is 24.7 Å². The molecule has 1 aromatic heterocycles. The predicted molar refractivity (Wildman–Crippen MR) is 71.7 cm³/mol. The monoisotopic (exact) mass is 274 g/mol.